The summed E-state index contributed by atoms with van der Waals surface area (Å²) < 4.78 is 5.46. The Morgan fingerprint density at radius 1 is 1.42 bits per heavy atom. The molecule has 0 aromatic carbocycles. The van der Waals surface area contributed by atoms with Gasteiger partial charge in [-0.1, -0.05) is 0 Å². The predicted molar refractivity (Wildman–Crippen MR) is 76.0 cm³/mol. The van der Waals surface area contributed by atoms with Crippen LogP contribution in [0.3, 0.4) is 0 Å². The molecule has 1 aromatic heterocycles. The molecule has 6 heteroatoms. The first-order chi connectivity index (χ1) is 9.04. The van der Waals surface area contributed by atoms with Crippen molar-refractivity contribution in [1.29, 1.82) is 0 Å². The number of anilines is 2. The van der Waals surface area contributed by atoms with Gasteiger partial charge in [-0.25, -0.2) is 4.98 Å². The third-order valence-electron chi connectivity index (χ3n) is 3.22. The van der Waals surface area contributed by atoms with Crippen LogP contribution in [0.15, 0.2) is 6.07 Å². The summed E-state index contributed by atoms with van der Waals surface area (Å²) in [6.07, 6.45) is 2.20. The lowest BCUT2D eigenvalue weighted by Crippen LogP contribution is -2.35. The number of nitrogens with one attached hydrogen (secondary N) is 1. The van der Waals surface area contributed by atoms with E-state index in [4.69, 9.17) is 16.2 Å². The summed E-state index contributed by atoms with van der Waals surface area (Å²) in [6.45, 7) is 5.38. The van der Waals surface area contributed by atoms with E-state index in [0.29, 0.717) is 31.1 Å². The van der Waals surface area contributed by atoms with Crippen molar-refractivity contribution in [3.8, 4) is 0 Å². The number of nitrogen functional groups attached to an aromatic ring is 1. The van der Waals surface area contributed by atoms with Crippen LogP contribution in [0.4, 0.5) is 11.8 Å². The smallest absolute Gasteiger partial charge is 0.222 e. The third-order valence-corrected chi connectivity index (χ3v) is 3.22. The van der Waals surface area contributed by atoms with Crippen LogP contribution < -0.4 is 16.8 Å². The van der Waals surface area contributed by atoms with Crippen LogP contribution >= 0.6 is 0 Å². The van der Waals surface area contributed by atoms with E-state index >= 15 is 0 Å². The number of hydrogen-bond donors (Lipinski definition) is 3. The van der Waals surface area contributed by atoms with Gasteiger partial charge >= 0.3 is 0 Å². The quantitative estimate of drug-likeness (QED) is 0.666. The predicted octanol–water partition coefficient (Wildman–Crippen LogP) is 1.10. The molecule has 1 fully saturated rings. The molecule has 106 valence electrons. The van der Waals surface area contributed by atoms with Crippen LogP contribution in [0.5, 0.6) is 0 Å². The van der Waals surface area contributed by atoms with E-state index in [0.717, 1.165) is 24.4 Å². The molecule has 1 saturated carbocycles. The molecule has 2 rings (SSSR count). The van der Waals surface area contributed by atoms with Crippen molar-refractivity contribution >= 4 is 11.8 Å². The standard InChI is InChI=1S/C13H23N5O/c1-8(2)19-4-3-16-12-7-11(17-13(15)18-12)9-5-10(14)6-9/h7-10H,3-6,14H2,1-2H3,(H3,15,16,17,18). The number of nitrogens with zero attached hydrogens (tertiary/aromatic N) is 2. The average Bonchev–Trinajstić information content (AvgIpc) is 2.30. The van der Waals surface area contributed by atoms with Gasteiger partial charge in [0.2, 0.25) is 5.95 Å². The highest BCUT2D eigenvalue weighted by Crippen LogP contribution is 2.35. The summed E-state index contributed by atoms with van der Waals surface area (Å²) in [5, 5.41) is 3.21. The maximum atomic E-state index is 5.80. The summed E-state index contributed by atoms with van der Waals surface area (Å²) in [6, 6.07) is 2.26. The van der Waals surface area contributed by atoms with Gasteiger partial charge in [0.1, 0.15) is 5.82 Å². The van der Waals surface area contributed by atoms with Gasteiger partial charge in [-0.3, -0.25) is 0 Å². The van der Waals surface area contributed by atoms with Gasteiger partial charge in [-0.2, -0.15) is 4.98 Å². The van der Waals surface area contributed by atoms with Crippen molar-refractivity contribution in [3.05, 3.63) is 11.8 Å². The molecule has 1 aliphatic carbocycles. The Kier molecular flexibility index (Phi) is 4.55. The van der Waals surface area contributed by atoms with Crippen LogP contribution in [0.25, 0.3) is 0 Å². The topological polar surface area (TPSA) is 99.1 Å². The van der Waals surface area contributed by atoms with E-state index in [-0.39, 0.29) is 6.10 Å². The average molecular weight is 265 g/mol. The molecule has 1 aromatic rings. The normalized spacial score (nSPS) is 22.3. The van der Waals surface area contributed by atoms with E-state index in [1.807, 2.05) is 19.9 Å². The maximum absolute atomic E-state index is 5.80. The Morgan fingerprint density at radius 3 is 2.79 bits per heavy atom. The van der Waals surface area contributed by atoms with E-state index in [1.54, 1.807) is 0 Å². The number of rotatable bonds is 6. The monoisotopic (exact) mass is 265 g/mol. The van der Waals surface area contributed by atoms with Gasteiger partial charge in [-0.15, -0.1) is 0 Å². The minimum absolute atomic E-state index is 0.240. The number of hydrogen-bond acceptors (Lipinski definition) is 6. The third kappa shape index (κ3) is 4.04. The molecular weight excluding hydrogens is 242 g/mol. The molecule has 0 radical (unpaired) electrons. The summed E-state index contributed by atoms with van der Waals surface area (Å²) in [7, 11) is 0. The van der Waals surface area contributed by atoms with Crippen molar-refractivity contribution in [3.63, 3.8) is 0 Å². The summed E-state index contributed by atoms with van der Waals surface area (Å²) in [4.78, 5) is 8.47. The van der Waals surface area contributed by atoms with E-state index < -0.39 is 0 Å². The van der Waals surface area contributed by atoms with E-state index in [2.05, 4.69) is 15.3 Å². The Balaban J connectivity index is 1.89. The van der Waals surface area contributed by atoms with Crippen LogP contribution in [0.2, 0.25) is 0 Å². The summed E-state index contributed by atoms with van der Waals surface area (Å²) in [5.74, 6) is 1.49. The van der Waals surface area contributed by atoms with Crippen LogP contribution in [-0.4, -0.2) is 35.3 Å². The van der Waals surface area contributed by atoms with Gasteiger partial charge in [0.15, 0.2) is 0 Å². The van der Waals surface area contributed by atoms with Crippen LogP contribution in [0.1, 0.15) is 38.3 Å². The first-order valence-electron chi connectivity index (χ1n) is 6.80. The molecule has 0 atom stereocenters. The summed E-state index contributed by atoms with van der Waals surface area (Å²) in [5.41, 5.74) is 12.5. The van der Waals surface area contributed by atoms with Crippen molar-refractivity contribution < 1.29 is 4.74 Å². The Labute approximate surface area is 113 Å². The highest BCUT2D eigenvalue weighted by atomic mass is 16.5. The van der Waals surface area contributed by atoms with Crippen LogP contribution in [0, 0.1) is 0 Å². The maximum Gasteiger partial charge on any atom is 0.222 e. The highest BCUT2D eigenvalue weighted by Gasteiger charge is 2.28. The second kappa shape index (κ2) is 6.16. The zero-order valence-corrected chi connectivity index (χ0v) is 11.6. The van der Waals surface area contributed by atoms with E-state index in [9.17, 15) is 0 Å². The molecule has 0 aliphatic heterocycles. The molecular formula is C13H23N5O. The molecule has 0 unspecified atom stereocenters. The van der Waals surface area contributed by atoms with Gasteiger partial charge in [0.05, 0.1) is 18.4 Å². The zero-order valence-electron chi connectivity index (χ0n) is 11.6. The van der Waals surface area contributed by atoms with Gasteiger partial charge in [0, 0.05) is 24.6 Å². The van der Waals surface area contributed by atoms with Crippen molar-refractivity contribution in [2.24, 2.45) is 5.73 Å². The molecule has 0 amide bonds. The lowest BCUT2D eigenvalue weighted by Gasteiger charge is -2.32. The Morgan fingerprint density at radius 2 is 2.16 bits per heavy atom. The second-order valence-corrected chi connectivity index (χ2v) is 5.31. The fourth-order valence-corrected chi connectivity index (χ4v) is 2.16. The fourth-order valence-electron chi connectivity index (χ4n) is 2.16. The second-order valence-electron chi connectivity index (χ2n) is 5.31. The first-order valence-corrected chi connectivity index (χ1v) is 6.80. The molecule has 6 nitrogen and oxygen atoms in total. The molecule has 19 heavy (non-hydrogen) atoms. The summed E-state index contributed by atoms with van der Waals surface area (Å²) >= 11 is 0. The Hall–Kier alpha value is -1.40. The van der Waals surface area contributed by atoms with Crippen molar-refractivity contribution in [1.82, 2.24) is 9.97 Å². The van der Waals surface area contributed by atoms with Gasteiger partial charge in [-0.05, 0) is 26.7 Å². The SMILES string of the molecule is CC(C)OCCNc1cc(C2CC(N)C2)nc(N)n1. The minimum atomic E-state index is 0.240. The number of nitrogens with two attached hydrogens (primary N) is 2. The van der Waals surface area contributed by atoms with Gasteiger partial charge in [0.25, 0.3) is 0 Å². The van der Waals surface area contributed by atoms with Crippen LogP contribution in [-0.2, 0) is 4.74 Å². The zero-order chi connectivity index (χ0) is 13.8. The number of aromatic nitrogens is 2. The molecule has 1 heterocycles. The highest BCUT2D eigenvalue weighted by molar-refractivity contribution is 5.41. The lowest BCUT2D eigenvalue weighted by molar-refractivity contribution is 0.0870. The van der Waals surface area contributed by atoms with Crippen molar-refractivity contribution in [2.45, 2.75) is 44.8 Å². The molecule has 0 spiro atoms. The Bertz CT molecular complexity index is 417. The number of ether oxygens (including phenoxy) is 1. The largest absolute Gasteiger partial charge is 0.377 e. The molecule has 1 aliphatic rings. The molecule has 5 N–H and O–H groups in total. The van der Waals surface area contributed by atoms with Gasteiger partial charge < -0.3 is 21.5 Å². The first kappa shape index (κ1) is 14.0. The molecule has 0 saturated heterocycles. The fraction of sp³-hybridized carbons (Fsp3) is 0.692. The van der Waals surface area contributed by atoms with E-state index in [1.165, 1.54) is 0 Å². The molecule has 0 bridgehead atoms. The minimum Gasteiger partial charge on any atom is -0.377 e. The van der Waals surface area contributed by atoms with Crippen molar-refractivity contribution in [2.75, 3.05) is 24.2 Å². The lowest BCUT2D eigenvalue weighted by atomic mass is 9.78.